The molecule has 2 N–H and O–H groups in total. The number of hydrogen-bond acceptors (Lipinski definition) is 3. The summed E-state index contributed by atoms with van der Waals surface area (Å²) in [5, 5.41) is 4.61. The lowest BCUT2D eigenvalue weighted by Crippen LogP contribution is -2.35. The quantitative estimate of drug-likeness (QED) is 0.332. The summed E-state index contributed by atoms with van der Waals surface area (Å²) in [5.41, 5.74) is 3.97. The highest BCUT2D eigenvalue weighted by molar-refractivity contribution is 7.80. The van der Waals surface area contributed by atoms with Crippen LogP contribution in [0.15, 0.2) is 77.6 Å². The molecule has 1 aromatic heterocycles. The fraction of sp³-hybridized carbons (Fsp3) is 0.185. The lowest BCUT2D eigenvalue weighted by Gasteiger charge is -2.26. The van der Waals surface area contributed by atoms with Gasteiger partial charge in [-0.25, -0.2) is 4.39 Å². The SMILES string of the molecule is CCOc1ccc2[nH]c(=O)c(CN(Cc3ccc(F)cc3)C(=S)Nc3cccc(C)c3)cc2c1. The molecule has 3 aromatic carbocycles. The van der Waals surface area contributed by atoms with E-state index in [9.17, 15) is 9.18 Å². The van der Waals surface area contributed by atoms with E-state index in [1.165, 1.54) is 12.1 Å². The van der Waals surface area contributed by atoms with Crippen molar-refractivity contribution in [2.75, 3.05) is 11.9 Å². The number of fused-ring (bicyclic) bond motifs is 1. The van der Waals surface area contributed by atoms with Crippen LogP contribution in [-0.4, -0.2) is 21.6 Å². The number of aromatic nitrogens is 1. The Hall–Kier alpha value is -3.71. The minimum absolute atomic E-state index is 0.181. The summed E-state index contributed by atoms with van der Waals surface area (Å²) in [6.07, 6.45) is 0. The maximum Gasteiger partial charge on any atom is 0.253 e. The minimum atomic E-state index is -0.299. The second kappa shape index (κ2) is 10.5. The van der Waals surface area contributed by atoms with Crippen LogP contribution in [0.25, 0.3) is 10.9 Å². The van der Waals surface area contributed by atoms with Gasteiger partial charge in [-0.1, -0.05) is 24.3 Å². The number of hydrogen-bond donors (Lipinski definition) is 2. The number of aromatic amines is 1. The molecule has 0 aliphatic carbocycles. The number of benzene rings is 3. The standard InChI is InChI=1S/C27H26FN3O2S/c1-3-33-24-11-12-25-20(15-24)14-21(26(32)30-25)17-31(16-19-7-9-22(28)10-8-19)27(34)29-23-6-4-5-18(2)13-23/h4-15H,3,16-17H2,1-2H3,(H,29,34)(H,30,32). The molecule has 0 atom stereocenters. The fourth-order valence-electron chi connectivity index (χ4n) is 3.74. The highest BCUT2D eigenvalue weighted by atomic mass is 32.1. The van der Waals surface area contributed by atoms with Gasteiger partial charge in [0.1, 0.15) is 11.6 Å². The lowest BCUT2D eigenvalue weighted by molar-refractivity contribution is 0.340. The van der Waals surface area contributed by atoms with Crippen LogP contribution in [0, 0.1) is 12.7 Å². The van der Waals surface area contributed by atoms with Crippen LogP contribution in [0.3, 0.4) is 0 Å². The van der Waals surface area contributed by atoms with Gasteiger partial charge < -0.3 is 19.9 Å². The molecule has 5 nitrogen and oxygen atoms in total. The van der Waals surface area contributed by atoms with Crippen molar-refractivity contribution in [3.05, 3.63) is 106 Å². The van der Waals surface area contributed by atoms with Crippen LogP contribution in [-0.2, 0) is 13.1 Å². The molecule has 0 bridgehead atoms. The zero-order valence-electron chi connectivity index (χ0n) is 19.1. The molecule has 0 saturated heterocycles. The average molecular weight is 476 g/mol. The average Bonchev–Trinajstić information content (AvgIpc) is 2.81. The molecular formula is C27H26FN3O2S. The van der Waals surface area contributed by atoms with Gasteiger partial charge in [0.25, 0.3) is 5.56 Å². The van der Waals surface area contributed by atoms with Crippen molar-refractivity contribution in [2.24, 2.45) is 0 Å². The van der Waals surface area contributed by atoms with Crippen LogP contribution in [0.5, 0.6) is 5.75 Å². The molecule has 4 aromatic rings. The topological polar surface area (TPSA) is 57.4 Å². The van der Waals surface area contributed by atoms with Gasteiger partial charge in [0, 0.05) is 28.7 Å². The smallest absolute Gasteiger partial charge is 0.253 e. The molecule has 0 amide bonds. The number of halogens is 1. The van der Waals surface area contributed by atoms with Crippen molar-refractivity contribution in [1.82, 2.24) is 9.88 Å². The summed E-state index contributed by atoms with van der Waals surface area (Å²) < 4.78 is 19.0. The van der Waals surface area contributed by atoms with Crippen molar-refractivity contribution in [1.29, 1.82) is 0 Å². The predicted octanol–water partition coefficient (Wildman–Crippen LogP) is 5.77. The van der Waals surface area contributed by atoms with Gasteiger partial charge in [0.05, 0.1) is 13.2 Å². The fourth-order valence-corrected chi connectivity index (χ4v) is 3.99. The third-order valence-electron chi connectivity index (χ3n) is 5.41. The molecule has 0 unspecified atom stereocenters. The van der Waals surface area contributed by atoms with Crippen molar-refractivity contribution < 1.29 is 9.13 Å². The number of rotatable bonds is 7. The first kappa shape index (κ1) is 23.4. The Bertz CT molecular complexity index is 1370. The first-order valence-corrected chi connectivity index (χ1v) is 11.5. The Morgan fingerprint density at radius 2 is 1.85 bits per heavy atom. The third-order valence-corrected chi connectivity index (χ3v) is 5.77. The minimum Gasteiger partial charge on any atom is -0.494 e. The van der Waals surface area contributed by atoms with E-state index in [4.69, 9.17) is 17.0 Å². The first-order chi connectivity index (χ1) is 16.4. The summed E-state index contributed by atoms with van der Waals surface area (Å²) in [4.78, 5) is 17.7. The normalized spacial score (nSPS) is 10.8. The number of pyridine rings is 1. The van der Waals surface area contributed by atoms with E-state index in [0.717, 1.165) is 33.5 Å². The van der Waals surface area contributed by atoms with Crippen LogP contribution in [0.4, 0.5) is 10.1 Å². The molecule has 0 saturated carbocycles. The van der Waals surface area contributed by atoms with Crippen molar-refractivity contribution in [3.8, 4) is 5.75 Å². The highest BCUT2D eigenvalue weighted by Gasteiger charge is 2.15. The van der Waals surface area contributed by atoms with Gasteiger partial charge in [0.2, 0.25) is 0 Å². The predicted molar refractivity (Wildman–Crippen MR) is 139 cm³/mol. The van der Waals surface area contributed by atoms with E-state index in [2.05, 4.69) is 10.3 Å². The Balaban J connectivity index is 1.65. The van der Waals surface area contributed by atoms with Gasteiger partial charge in [-0.3, -0.25) is 4.79 Å². The second-order valence-electron chi connectivity index (χ2n) is 8.09. The summed E-state index contributed by atoms with van der Waals surface area (Å²) >= 11 is 5.73. The molecule has 4 rings (SSSR count). The van der Waals surface area contributed by atoms with E-state index < -0.39 is 0 Å². The largest absolute Gasteiger partial charge is 0.494 e. The lowest BCUT2D eigenvalue weighted by atomic mass is 10.1. The summed E-state index contributed by atoms with van der Waals surface area (Å²) in [6.45, 7) is 5.19. The van der Waals surface area contributed by atoms with Crippen molar-refractivity contribution in [3.63, 3.8) is 0 Å². The molecular weight excluding hydrogens is 449 g/mol. The Labute approximate surface area is 203 Å². The summed E-state index contributed by atoms with van der Waals surface area (Å²) in [5.74, 6) is 0.444. The van der Waals surface area contributed by atoms with Crippen LogP contribution < -0.4 is 15.6 Å². The Morgan fingerprint density at radius 1 is 1.06 bits per heavy atom. The van der Waals surface area contributed by atoms with Gasteiger partial charge >= 0.3 is 0 Å². The van der Waals surface area contributed by atoms with Crippen LogP contribution in [0.1, 0.15) is 23.6 Å². The highest BCUT2D eigenvalue weighted by Crippen LogP contribution is 2.21. The van der Waals surface area contributed by atoms with E-state index in [1.54, 1.807) is 12.1 Å². The summed E-state index contributed by atoms with van der Waals surface area (Å²) in [7, 11) is 0. The third kappa shape index (κ3) is 5.80. The maximum absolute atomic E-state index is 13.4. The van der Waals surface area contributed by atoms with E-state index in [1.807, 2.05) is 67.3 Å². The molecule has 1 heterocycles. The number of ether oxygens (including phenoxy) is 1. The second-order valence-corrected chi connectivity index (χ2v) is 8.47. The number of nitrogens with one attached hydrogen (secondary N) is 2. The molecule has 0 aliphatic heterocycles. The van der Waals surface area contributed by atoms with E-state index in [0.29, 0.717) is 23.8 Å². The van der Waals surface area contributed by atoms with Gasteiger partial charge in [-0.2, -0.15) is 0 Å². The number of anilines is 1. The van der Waals surface area contributed by atoms with Gasteiger partial charge in [0.15, 0.2) is 5.11 Å². The van der Waals surface area contributed by atoms with Crippen LogP contribution >= 0.6 is 12.2 Å². The zero-order chi connectivity index (χ0) is 24.1. The molecule has 0 fully saturated rings. The zero-order valence-corrected chi connectivity index (χ0v) is 19.9. The van der Waals surface area contributed by atoms with Gasteiger partial charge in [-0.15, -0.1) is 0 Å². The number of aryl methyl sites for hydroxylation is 1. The maximum atomic E-state index is 13.4. The molecule has 0 aliphatic rings. The van der Waals surface area contributed by atoms with E-state index >= 15 is 0 Å². The van der Waals surface area contributed by atoms with Crippen LogP contribution in [0.2, 0.25) is 0 Å². The van der Waals surface area contributed by atoms with E-state index in [-0.39, 0.29) is 17.9 Å². The monoisotopic (exact) mass is 475 g/mol. The Kier molecular flexibility index (Phi) is 7.23. The number of nitrogens with zero attached hydrogens (tertiary/aromatic N) is 1. The number of H-pyrrole nitrogens is 1. The number of thiocarbonyl (C=S) groups is 1. The Morgan fingerprint density at radius 3 is 2.59 bits per heavy atom. The first-order valence-electron chi connectivity index (χ1n) is 11.1. The molecule has 0 spiro atoms. The van der Waals surface area contributed by atoms with Crippen molar-refractivity contribution in [2.45, 2.75) is 26.9 Å². The molecule has 174 valence electrons. The molecule has 0 radical (unpaired) electrons. The molecule has 7 heteroatoms. The molecule has 34 heavy (non-hydrogen) atoms. The van der Waals surface area contributed by atoms with Gasteiger partial charge in [-0.05, 0) is 85.7 Å². The van der Waals surface area contributed by atoms with Crippen molar-refractivity contribution >= 4 is 33.9 Å². The summed E-state index contributed by atoms with van der Waals surface area (Å²) in [6, 6.07) is 21.6.